The van der Waals surface area contributed by atoms with Crippen LogP contribution in [0.4, 0.5) is 18.9 Å². The van der Waals surface area contributed by atoms with Gasteiger partial charge in [-0.1, -0.05) is 0 Å². The summed E-state index contributed by atoms with van der Waals surface area (Å²) in [6.45, 7) is 0.127. The number of anilines is 1. The van der Waals surface area contributed by atoms with E-state index in [-0.39, 0.29) is 40.6 Å². The average molecular weight is 437 g/mol. The van der Waals surface area contributed by atoms with Gasteiger partial charge in [-0.15, -0.1) is 0 Å². The number of aromatic carboxylic acids is 1. The van der Waals surface area contributed by atoms with Crippen LogP contribution in [0.15, 0.2) is 17.1 Å². The first-order chi connectivity index (χ1) is 14.7. The molecule has 1 saturated heterocycles. The first-order valence-electron chi connectivity index (χ1n) is 10.1. The number of rotatable bonds is 5. The van der Waals surface area contributed by atoms with Crippen LogP contribution in [0, 0.1) is 17.7 Å². The monoisotopic (exact) mass is 437 g/mol. The molecule has 10 heteroatoms. The molecule has 2 heterocycles. The number of benzene rings is 1. The van der Waals surface area contributed by atoms with Crippen LogP contribution >= 0.6 is 0 Å². The van der Waals surface area contributed by atoms with Gasteiger partial charge in [-0.2, -0.15) is 0 Å². The van der Waals surface area contributed by atoms with Gasteiger partial charge in [-0.05, 0) is 18.4 Å². The minimum atomic E-state index is -1.47. The summed E-state index contributed by atoms with van der Waals surface area (Å²) in [5.41, 5.74) is 4.55. The molecule has 1 aromatic heterocycles. The summed E-state index contributed by atoms with van der Waals surface area (Å²) >= 11 is 0. The number of carboxylic acid groups (broad SMARTS) is 1. The van der Waals surface area contributed by atoms with Gasteiger partial charge < -0.3 is 25.0 Å². The number of hydrogen-bond donors (Lipinski definition) is 2. The lowest BCUT2D eigenvalue weighted by atomic mass is 9.62. The van der Waals surface area contributed by atoms with Crippen molar-refractivity contribution in [3.8, 4) is 5.75 Å². The number of fused-ring (bicyclic) bond motifs is 2. The van der Waals surface area contributed by atoms with Gasteiger partial charge in [-0.3, -0.25) is 9.18 Å². The Balaban J connectivity index is 1.73. The van der Waals surface area contributed by atoms with Crippen molar-refractivity contribution in [1.82, 2.24) is 4.57 Å². The van der Waals surface area contributed by atoms with Gasteiger partial charge in [0.25, 0.3) is 0 Å². The molecule has 2 aliphatic carbocycles. The Morgan fingerprint density at radius 2 is 2.16 bits per heavy atom. The Morgan fingerprint density at radius 1 is 1.45 bits per heavy atom. The van der Waals surface area contributed by atoms with Gasteiger partial charge >= 0.3 is 5.97 Å². The van der Waals surface area contributed by atoms with Crippen LogP contribution in [0.25, 0.3) is 10.9 Å². The molecule has 7 nitrogen and oxygen atoms in total. The van der Waals surface area contributed by atoms with E-state index >= 15 is 4.39 Å². The summed E-state index contributed by atoms with van der Waals surface area (Å²) in [5, 5.41) is 9.21. The Labute approximate surface area is 175 Å². The summed E-state index contributed by atoms with van der Waals surface area (Å²) in [5.74, 6) is -2.54. The van der Waals surface area contributed by atoms with Crippen LogP contribution in [0.3, 0.4) is 0 Å². The van der Waals surface area contributed by atoms with E-state index in [4.69, 9.17) is 10.5 Å². The van der Waals surface area contributed by atoms with Crippen LogP contribution in [-0.2, 0) is 0 Å². The van der Waals surface area contributed by atoms with Gasteiger partial charge in [0, 0.05) is 37.2 Å². The third kappa shape index (κ3) is 2.77. The molecule has 0 radical (unpaired) electrons. The summed E-state index contributed by atoms with van der Waals surface area (Å²) in [6.07, 6.45) is 0.549. The predicted molar refractivity (Wildman–Crippen MR) is 107 cm³/mol. The number of alkyl halides is 2. The van der Waals surface area contributed by atoms with E-state index in [0.29, 0.717) is 19.5 Å². The van der Waals surface area contributed by atoms with Crippen molar-refractivity contribution in [2.45, 2.75) is 30.6 Å². The minimum Gasteiger partial charge on any atom is -0.492 e. The average Bonchev–Trinajstić information content (AvgIpc) is 3.38. The van der Waals surface area contributed by atoms with Crippen LogP contribution in [0.1, 0.15) is 29.2 Å². The number of halogens is 3. The number of methoxy groups -OCH3 is 1. The standard InChI is InChI=1S/C21H22F3N3O4/c1-31-19-16-10(18(28)11(20(29)30)6-27(16)15-3-13(15)23)2-14(24)17(19)26-7-12-9(5-22)4-21(12,25)8-26/h2,6,9,12-13,15H,3-5,7-8,25H2,1H3,(H,29,30). The highest BCUT2D eigenvalue weighted by atomic mass is 19.1. The molecular weight excluding hydrogens is 415 g/mol. The number of nitrogens with two attached hydrogens (primary N) is 1. The van der Waals surface area contributed by atoms with Crippen molar-refractivity contribution >= 4 is 22.6 Å². The van der Waals surface area contributed by atoms with Crippen LogP contribution in [-0.4, -0.2) is 54.2 Å². The molecule has 3 fully saturated rings. The number of aromatic nitrogens is 1. The largest absolute Gasteiger partial charge is 0.492 e. The van der Waals surface area contributed by atoms with E-state index in [0.717, 1.165) is 12.3 Å². The molecule has 2 aromatic rings. The normalized spacial score (nSPS) is 31.5. The Hall–Kier alpha value is -2.75. The topological polar surface area (TPSA) is 97.8 Å². The van der Waals surface area contributed by atoms with Crippen molar-refractivity contribution in [3.05, 3.63) is 33.9 Å². The number of carbonyl (C=O) groups is 1. The second-order valence-corrected chi connectivity index (χ2v) is 8.88. The molecule has 166 valence electrons. The van der Waals surface area contributed by atoms with E-state index in [1.807, 2.05) is 0 Å². The molecule has 3 N–H and O–H groups in total. The van der Waals surface area contributed by atoms with Crippen molar-refractivity contribution in [2.75, 3.05) is 31.8 Å². The zero-order valence-corrected chi connectivity index (χ0v) is 16.8. The molecule has 5 atom stereocenters. The SMILES string of the molecule is COc1c(N2CC3C(CF)CC3(N)C2)c(F)cc2c(=O)c(C(=O)O)cn(C3CC3F)c12. The smallest absolute Gasteiger partial charge is 0.341 e. The lowest BCUT2D eigenvalue weighted by molar-refractivity contribution is 0.0629. The highest BCUT2D eigenvalue weighted by molar-refractivity contribution is 5.97. The second-order valence-electron chi connectivity index (χ2n) is 8.88. The quantitative estimate of drug-likeness (QED) is 0.745. The van der Waals surface area contributed by atoms with E-state index in [9.17, 15) is 23.5 Å². The fourth-order valence-electron chi connectivity index (χ4n) is 5.38. The molecule has 31 heavy (non-hydrogen) atoms. The van der Waals surface area contributed by atoms with Gasteiger partial charge in [0.05, 0.1) is 30.7 Å². The Morgan fingerprint density at radius 3 is 2.74 bits per heavy atom. The summed E-state index contributed by atoms with van der Waals surface area (Å²) in [7, 11) is 1.31. The molecule has 0 spiro atoms. The molecule has 2 saturated carbocycles. The maximum Gasteiger partial charge on any atom is 0.341 e. The Bertz CT molecular complexity index is 1170. The highest BCUT2D eigenvalue weighted by Gasteiger charge is 2.57. The van der Waals surface area contributed by atoms with Crippen LogP contribution in [0.2, 0.25) is 0 Å². The Kier molecular flexibility index (Phi) is 4.31. The van der Waals surface area contributed by atoms with Gasteiger partial charge in [-0.25, -0.2) is 13.6 Å². The lowest BCUT2D eigenvalue weighted by Gasteiger charge is -2.46. The number of carboxylic acids is 1. The highest BCUT2D eigenvalue weighted by Crippen LogP contribution is 2.51. The third-order valence-electron chi connectivity index (χ3n) is 7.04. The number of ether oxygens (including phenoxy) is 1. The van der Waals surface area contributed by atoms with Crippen molar-refractivity contribution in [3.63, 3.8) is 0 Å². The van der Waals surface area contributed by atoms with E-state index in [1.54, 1.807) is 4.90 Å². The van der Waals surface area contributed by atoms with Crippen molar-refractivity contribution in [1.29, 1.82) is 0 Å². The van der Waals surface area contributed by atoms with Gasteiger partial charge in [0.2, 0.25) is 5.43 Å². The zero-order valence-electron chi connectivity index (χ0n) is 16.8. The fourth-order valence-corrected chi connectivity index (χ4v) is 5.38. The summed E-state index contributed by atoms with van der Waals surface area (Å²) < 4.78 is 49.4. The number of pyridine rings is 1. The molecule has 0 bridgehead atoms. The molecule has 0 amide bonds. The lowest BCUT2D eigenvalue weighted by Crippen LogP contribution is -2.60. The zero-order chi connectivity index (χ0) is 22.2. The van der Waals surface area contributed by atoms with E-state index < -0.39 is 47.2 Å². The van der Waals surface area contributed by atoms with Crippen LogP contribution in [0.5, 0.6) is 5.75 Å². The number of hydrogen-bond acceptors (Lipinski definition) is 5. The number of nitrogens with zero attached hydrogens (tertiary/aromatic N) is 2. The van der Waals surface area contributed by atoms with Gasteiger partial charge in [0.15, 0.2) is 11.6 Å². The molecule has 1 aliphatic heterocycles. The fraction of sp³-hybridized carbons (Fsp3) is 0.524. The van der Waals surface area contributed by atoms with Crippen LogP contribution < -0.4 is 20.8 Å². The van der Waals surface area contributed by atoms with E-state index in [1.165, 1.54) is 11.7 Å². The van der Waals surface area contributed by atoms with Gasteiger partial charge in [0.1, 0.15) is 17.4 Å². The van der Waals surface area contributed by atoms with Crippen molar-refractivity contribution in [2.24, 2.45) is 17.6 Å². The first-order valence-corrected chi connectivity index (χ1v) is 10.1. The molecule has 5 rings (SSSR count). The molecule has 5 unspecified atom stereocenters. The van der Waals surface area contributed by atoms with E-state index in [2.05, 4.69) is 0 Å². The summed E-state index contributed by atoms with van der Waals surface area (Å²) in [4.78, 5) is 26.0. The predicted octanol–water partition coefficient (Wildman–Crippen LogP) is 2.25. The molecular formula is C21H22F3N3O4. The first kappa shape index (κ1) is 20.2. The molecule has 3 aliphatic rings. The third-order valence-corrected chi connectivity index (χ3v) is 7.04. The maximum atomic E-state index is 15.3. The van der Waals surface area contributed by atoms with Crippen molar-refractivity contribution < 1.29 is 27.8 Å². The molecule has 1 aromatic carbocycles. The maximum absolute atomic E-state index is 15.3. The minimum absolute atomic E-state index is 0.0184. The second kappa shape index (κ2) is 6.62. The summed E-state index contributed by atoms with van der Waals surface area (Å²) in [6, 6.07) is 0.310.